The van der Waals surface area contributed by atoms with Gasteiger partial charge >= 0.3 is 0 Å². The molecule has 0 atom stereocenters. The molecule has 0 N–H and O–H groups in total. The molecule has 0 bridgehead atoms. The van der Waals surface area contributed by atoms with Gasteiger partial charge in [0.25, 0.3) is 0 Å². The Labute approximate surface area is 162 Å². The molecule has 28 heavy (non-hydrogen) atoms. The van der Waals surface area contributed by atoms with Gasteiger partial charge in [0.05, 0.1) is 15.5 Å². The second-order valence-corrected chi connectivity index (χ2v) is 10.2. The minimum absolute atomic E-state index is 0.0589. The summed E-state index contributed by atoms with van der Waals surface area (Å²) in [6.45, 7) is 0. The SMILES string of the molecule is CS(=O)(=O)c1ccccc1S(=O)(=O)Cc1cc(-c2ccccc2)c(F)cc1F. The highest BCUT2D eigenvalue weighted by Gasteiger charge is 2.25. The lowest BCUT2D eigenvalue weighted by molar-refractivity contribution is 0.569. The van der Waals surface area contributed by atoms with Crippen molar-refractivity contribution in [3.8, 4) is 11.1 Å². The standard InChI is InChI=1S/C20H16F2O4S2/c1-27(23,24)19-9-5-6-10-20(19)28(25,26)13-15-11-16(18(22)12-17(15)21)14-7-3-2-4-8-14/h2-12H,13H2,1H3. The number of rotatable bonds is 5. The molecule has 4 nitrogen and oxygen atoms in total. The molecular weight excluding hydrogens is 406 g/mol. The molecule has 0 radical (unpaired) electrons. The molecule has 0 aromatic heterocycles. The Bertz CT molecular complexity index is 1240. The summed E-state index contributed by atoms with van der Waals surface area (Å²) in [5.41, 5.74) is 0.280. The highest BCUT2D eigenvalue weighted by Crippen LogP contribution is 2.29. The number of sulfone groups is 2. The molecule has 0 aliphatic rings. The highest BCUT2D eigenvalue weighted by molar-refractivity contribution is 7.93. The fraction of sp³-hybridized carbons (Fsp3) is 0.100. The van der Waals surface area contributed by atoms with Crippen LogP contribution in [0.3, 0.4) is 0 Å². The van der Waals surface area contributed by atoms with Crippen molar-refractivity contribution in [3.05, 3.63) is 83.9 Å². The van der Waals surface area contributed by atoms with Crippen molar-refractivity contribution in [2.24, 2.45) is 0 Å². The zero-order valence-corrected chi connectivity index (χ0v) is 16.4. The molecule has 0 saturated heterocycles. The number of benzene rings is 3. The maximum absolute atomic E-state index is 14.3. The summed E-state index contributed by atoms with van der Waals surface area (Å²) >= 11 is 0. The first-order valence-electron chi connectivity index (χ1n) is 8.15. The van der Waals surface area contributed by atoms with Crippen LogP contribution in [0.4, 0.5) is 8.78 Å². The third-order valence-corrected chi connectivity index (χ3v) is 7.15. The zero-order chi connectivity index (χ0) is 20.5. The van der Waals surface area contributed by atoms with E-state index in [1.54, 1.807) is 30.3 Å². The molecule has 0 saturated carbocycles. The van der Waals surface area contributed by atoms with Gasteiger partial charge < -0.3 is 0 Å². The molecule has 3 aromatic carbocycles. The number of hydrogen-bond donors (Lipinski definition) is 0. The van der Waals surface area contributed by atoms with Crippen molar-refractivity contribution in [2.45, 2.75) is 15.5 Å². The van der Waals surface area contributed by atoms with Crippen LogP contribution in [0.5, 0.6) is 0 Å². The molecule has 8 heteroatoms. The van der Waals surface area contributed by atoms with Crippen molar-refractivity contribution >= 4 is 19.7 Å². The first-order chi connectivity index (χ1) is 13.1. The van der Waals surface area contributed by atoms with E-state index in [9.17, 15) is 25.6 Å². The lowest BCUT2D eigenvalue weighted by Crippen LogP contribution is -2.12. The largest absolute Gasteiger partial charge is 0.224 e. The molecule has 146 valence electrons. The van der Waals surface area contributed by atoms with E-state index < -0.39 is 42.0 Å². The van der Waals surface area contributed by atoms with Gasteiger partial charge in [0.1, 0.15) is 11.6 Å². The lowest BCUT2D eigenvalue weighted by Gasteiger charge is -2.12. The first-order valence-corrected chi connectivity index (χ1v) is 11.7. The maximum Gasteiger partial charge on any atom is 0.183 e. The quantitative estimate of drug-likeness (QED) is 0.623. The van der Waals surface area contributed by atoms with Gasteiger partial charge in [-0.05, 0) is 23.8 Å². The van der Waals surface area contributed by atoms with Crippen LogP contribution >= 0.6 is 0 Å². The van der Waals surface area contributed by atoms with Crippen molar-refractivity contribution in [2.75, 3.05) is 6.26 Å². The summed E-state index contributed by atoms with van der Waals surface area (Å²) in [5.74, 6) is -2.63. The average molecular weight is 422 g/mol. The topological polar surface area (TPSA) is 68.3 Å². The number of hydrogen-bond acceptors (Lipinski definition) is 4. The fourth-order valence-corrected chi connectivity index (χ4v) is 5.88. The van der Waals surface area contributed by atoms with E-state index in [1.807, 2.05) is 0 Å². The predicted molar refractivity (Wildman–Crippen MR) is 102 cm³/mol. The van der Waals surface area contributed by atoms with E-state index in [-0.39, 0.29) is 16.0 Å². The molecule has 3 rings (SSSR count). The third-order valence-electron chi connectivity index (χ3n) is 4.15. The van der Waals surface area contributed by atoms with Crippen LogP contribution in [0, 0.1) is 11.6 Å². The number of halogens is 2. The van der Waals surface area contributed by atoms with Crippen LogP contribution in [-0.2, 0) is 25.4 Å². The normalized spacial score (nSPS) is 12.1. The van der Waals surface area contributed by atoms with Crippen LogP contribution in [0.25, 0.3) is 11.1 Å². The Balaban J connectivity index is 2.10. The molecule has 0 aliphatic carbocycles. The molecule has 0 spiro atoms. The molecule has 0 amide bonds. The Kier molecular flexibility index (Phi) is 5.36. The smallest absolute Gasteiger partial charge is 0.183 e. The minimum atomic E-state index is -4.20. The second kappa shape index (κ2) is 7.44. The highest BCUT2D eigenvalue weighted by atomic mass is 32.2. The van der Waals surface area contributed by atoms with Crippen molar-refractivity contribution in [1.82, 2.24) is 0 Å². The van der Waals surface area contributed by atoms with Gasteiger partial charge in [0.2, 0.25) is 0 Å². The Morgan fingerprint density at radius 2 is 1.32 bits per heavy atom. The van der Waals surface area contributed by atoms with Crippen LogP contribution in [0.15, 0.2) is 76.5 Å². The summed E-state index contributed by atoms with van der Waals surface area (Å²) in [5, 5.41) is 0. The van der Waals surface area contributed by atoms with Gasteiger partial charge in [-0.1, -0.05) is 42.5 Å². The lowest BCUT2D eigenvalue weighted by atomic mass is 10.0. The predicted octanol–water partition coefficient (Wildman–Crippen LogP) is 4.01. The summed E-state index contributed by atoms with van der Waals surface area (Å²) in [7, 11) is -8.01. The minimum Gasteiger partial charge on any atom is -0.224 e. The van der Waals surface area contributed by atoms with Crippen LogP contribution < -0.4 is 0 Å². The molecule has 0 aliphatic heterocycles. The van der Waals surface area contributed by atoms with Crippen LogP contribution in [0.1, 0.15) is 5.56 Å². The summed E-state index contributed by atoms with van der Waals surface area (Å²) < 4.78 is 78.0. The molecule has 0 heterocycles. The van der Waals surface area contributed by atoms with Gasteiger partial charge in [-0.3, -0.25) is 0 Å². The van der Waals surface area contributed by atoms with E-state index in [2.05, 4.69) is 0 Å². The molecule has 0 unspecified atom stereocenters. The monoisotopic (exact) mass is 422 g/mol. The van der Waals surface area contributed by atoms with E-state index in [4.69, 9.17) is 0 Å². The Morgan fingerprint density at radius 3 is 1.93 bits per heavy atom. The Hall–Kier alpha value is -2.58. The van der Waals surface area contributed by atoms with Gasteiger partial charge in [-0.2, -0.15) is 0 Å². The van der Waals surface area contributed by atoms with Gasteiger partial charge in [-0.25, -0.2) is 25.6 Å². The van der Waals surface area contributed by atoms with Gasteiger partial charge in [0.15, 0.2) is 19.7 Å². The van der Waals surface area contributed by atoms with E-state index in [0.717, 1.165) is 18.4 Å². The van der Waals surface area contributed by atoms with E-state index in [1.165, 1.54) is 18.2 Å². The van der Waals surface area contributed by atoms with Crippen molar-refractivity contribution in [3.63, 3.8) is 0 Å². The Morgan fingerprint density at radius 1 is 0.750 bits per heavy atom. The molecule has 0 fully saturated rings. The summed E-state index contributed by atoms with van der Waals surface area (Å²) in [6.07, 6.45) is 0.896. The first kappa shape index (κ1) is 20.2. The maximum atomic E-state index is 14.3. The van der Waals surface area contributed by atoms with Crippen molar-refractivity contribution in [1.29, 1.82) is 0 Å². The van der Waals surface area contributed by atoms with Crippen LogP contribution in [-0.4, -0.2) is 23.1 Å². The van der Waals surface area contributed by atoms with Crippen LogP contribution in [0.2, 0.25) is 0 Å². The van der Waals surface area contributed by atoms with Gasteiger partial charge in [-0.15, -0.1) is 0 Å². The summed E-state index contributed by atoms with van der Waals surface area (Å²) in [6, 6.07) is 15.2. The molecule has 3 aromatic rings. The zero-order valence-electron chi connectivity index (χ0n) is 14.8. The second-order valence-electron chi connectivity index (χ2n) is 6.27. The van der Waals surface area contributed by atoms with E-state index >= 15 is 0 Å². The van der Waals surface area contributed by atoms with Crippen molar-refractivity contribution < 1.29 is 25.6 Å². The van der Waals surface area contributed by atoms with Gasteiger partial charge in [0, 0.05) is 23.4 Å². The van der Waals surface area contributed by atoms with E-state index in [0.29, 0.717) is 11.6 Å². The summed E-state index contributed by atoms with van der Waals surface area (Å²) in [4.78, 5) is -0.775. The average Bonchev–Trinajstić information content (AvgIpc) is 2.64. The fourth-order valence-electron chi connectivity index (χ4n) is 2.84. The molecular formula is C20H16F2O4S2. The third kappa shape index (κ3) is 4.13.